The van der Waals surface area contributed by atoms with E-state index in [-0.39, 0.29) is 18.1 Å². The van der Waals surface area contributed by atoms with Gasteiger partial charge in [0.2, 0.25) is 0 Å². The number of rotatable bonds is 6. The number of fused-ring (bicyclic) bond motifs is 1. The molecule has 1 aromatic carbocycles. The van der Waals surface area contributed by atoms with Crippen LogP contribution in [0.1, 0.15) is 42.2 Å². The van der Waals surface area contributed by atoms with Crippen molar-refractivity contribution in [2.45, 2.75) is 37.2 Å². The lowest BCUT2D eigenvalue weighted by Crippen LogP contribution is -2.35. The van der Waals surface area contributed by atoms with Crippen LogP contribution in [0.4, 0.5) is 4.79 Å². The molecule has 2 N–H and O–H groups in total. The molecule has 27 heavy (non-hydrogen) atoms. The molecule has 142 valence electrons. The van der Waals surface area contributed by atoms with Crippen molar-refractivity contribution in [2.24, 2.45) is 11.8 Å². The summed E-state index contributed by atoms with van der Waals surface area (Å²) in [6.45, 7) is 2.82. The predicted molar refractivity (Wildman–Crippen MR) is 99.3 cm³/mol. The molecule has 3 atom stereocenters. The molecular weight excluding hydrogens is 342 g/mol. The fourth-order valence-corrected chi connectivity index (χ4v) is 4.70. The first kappa shape index (κ1) is 16.8. The van der Waals surface area contributed by atoms with Gasteiger partial charge in [0.05, 0.1) is 5.69 Å². The zero-order valence-electron chi connectivity index (χ0n) is 15.3. The van der Waals surface area contributed by atoms with Gasteiger partial charge in [0.15, 0.2) is 0 Å². The van der Waals surface area contributed by atoms with Crippen LogP contribution in [0, 0.1) is 11.8 Å². The highest BCUT2D eigenvalue weighted by molar-refractivity contribution is 5.67. The Morgan fingerprint density at radius 1 is 1.26 bits per heavy atom. The van der Waals surface area contributed by atoms with E-state index >= 15 is 0 Å². The lowest BCUT2D eigenvalue weighted by molar-refractivity contribution is 0.138. The van der Waals surface area contributed by atoms with Gasteiger partial charge in [-0.25, -0.2) is 4.79 Å². The summed E-state index contributed by atoms with van der Waals surface area (Å²) in [6.07, 6.45) is 3.12. The molecule has 3 fully saturated rings. The van der Waals surface area contributed by atoms with Crippen molar-refractivity contribution in [1.82, 2.24) is 15.8 Å². The van der Waals surface area contributed by atoms with Crippen molar-refractivity contribution in [3.63, 3.8) is 0 Å². The second-order valence-electron chi connectivity index (χ2n) is 8.05. The van der Waals surface area contributed by atoms with E-state index in [1.165, 1.54) is 12.8 Å². The van der Waals surface area contributed by atoms with Crippen LogP contribution in [0.3, 0.4) is 0 Å². The number of nitrogens with zero attached hydrogens (tertiary/aromatic N) is 1. The molecule has 1 aromatic heterocycles. The Labute approximate surface area is 158 Å². The van der Waals surface area contributed by atoms with Gasteiger partial charge < -0.3 is 19.9 Å². The molecule has 2 aliphatic carbocycles. The number of hydrogen-bond donors (Lipinski definition) is 2. The minimum atomic E-state index is -0.374. The number of carbonyl (C=O) groups is 1. The molecule has 3 unspecified atom stereocenters. The molecule has 0 radical (unpaired) electrons. The molecule has 1 saturated heterocycles. The highest BCUT2D eigenvalue weighted by atomic mass is 16.5. The van der Waals surface area contributed by atoms with Crippen LogP contribution in [0.5, 0.6) is 0 Å². The second kappa shape index (κ2) is 6.68. The zero-order chi connectivity index (χ0) is 18.3. The summed E-state index contributed by atoms with van der Waals surface area (Å²) >= 11 is 0. The van der Waals surface area contributed by atoms with Gasteiger partial charge in [-0.15, -0.1) is 0 Å². The summed E-state index contributed by atoms with van der Waals surface area (Å²) in [5.41, 5.74) is 1.87. The summed E-state index contributed by atoms with van der Waals surface area (Å²) in [4.78, 5) is 12.3. The number of aromatic nitrogens is 1. The van der Waals surface area contributed by atoms with Crippen molar-refractivity contribution < 1.29 is 14.1 Å². The van der Waals surface area contributed by atoms with Gasteiger partial charge in [0, 0.05) is 23.9 Å². The number of carbonyl (C=O) groups excluding carboxylic acids is 1. The van der Waals surface area contributed by atoms with Crippen molar-refractivity contribution >= 4 is 6.09 Å². The Hall–Kier alpha value is -2.34. The molecule has 2 saturated carbocycles. The number of ether oxygens (including phenoxy) is 1. The summed E-state index contributed by atoms with van der Waals surface area (Å²) in [5.74, 6) is 2.60. The van der Waals surface area contributed by atoms with Gasteiger partial charge in [0.25, 0.3) is 0 Å². The number of nitrogens with one attached hydrogen (secondary N) is 2. The molecule has 1 amide bonds. The monoisotopic (exact) mass is 367 g/mol. The highest BCUT2D eigenvalue weighted by Gasteiger charge is 2.67. The number of alkyl carbamates (subject to hydrolysis) is 1. The maximum Gasteiger partial charge on any atom is 0.407 e. The highest BCUT2D eigenvalue weighted by Crippen LogP contribution is 2.62. The van der Waals surface area contributed by atoms with E-state index in [0.29, 0.717) is 24.3 Å². The first-order valence-electron chi connectivity index (χ1n) is 9.90. The third-order valence-corrected chi connectivity index (χ3v) is 6.42. The topological polar surface area (TPSA) is 76.4 Å². The van der Waals surface area contributed by atoms with E-state index in [0.717, 1.165) is 36.5 Å². The fraction of sp³-hybridized carbons (Fsp3) is 0.524. The van der Waals surface area contributed by atoms with Crippen LogP contribution >= 0.6 is 0 Å². The molecular formula is C21H25N3O3. The number of hydrogen-bond acceptors (Lipinski definition) is 5. The molecule has 2 heterocycles. The molecule has 2 aromatic rings. The SMILES string of the molecule is O=C(NCC1(c2cc(C3CC3)on2)C2CCNCC21)OCc1ccccc1. The van der Waals surface area contributed by atoms with Gasteiger partial charge >= 0.3 is 6.09 Å². The Morgan fingerprint density at radius 2 is 2.11 bits per heavy atom. The average molecular weight is 367 g/mol. The maximum absolute atomic E-state index is 12.3. The third-order valence-electron chi connectivity index (χ3n) is 6.42. The van der Waals surface area contributed by atoms with Crippen LogP contribution in [0.2, 0.25) is 0 Å². The Morgan fingerprint density at radius 3 is 2.85 bits per heavy atom. The molecule has 0 spiro atoms. The summed E-state index contributed by atoms with van der Waals surface area (Å²) in [6, 6.07) is 11.9. The molecule has 3 aliphatic rings. The van der Waals surface area contributed by atoms with Crippen LogP contribution < -0.4 is 10.6 Å². The van der Waals surface area contributed by atoms with E-state index in [1.54, 1.807) is 0 Å². The van der Waals surface area contributed by atoms with Gasteiger partial charge in [-0.3, -0.25) is 0 Å². The summed E-state index contributed by atoms with van der Waals surface area (Å²) in [7, 11) is 0. The Kier molecular flexibility index (Phi) is 4.16. The minimum Gasteiger partial charge on any atom is -0.445 e. The number of piperidine rings is 1. The lowest BCUT2D eigenvalue weighted by atomic mass is 9.96. The largest absolute Gasteiger partial charge is 0.445 e. The third kappa shape index (κ3) is 3.12. The number of benzene rings is 1. The van der Waals surface area contributed by atoms with Crippen LogP contribution in [-0.4, -0.2) is 30.9 Å². The van der Waals surface area contributed by atoms with Gasteiger partial charge in [-0.2, -0.15) is 0 Å². The molecule has 5 rings (SSSR count). The lowest BCUT2D eigenvalue weighted by Gasteiger charge is -2.16. The van der Waals surface area contributed by atoms with Gasteiger partial charge in [-0.1, -0.05) is 35.5 Å². The summed E-state index contributed by atoms with van der Waals surface area (Å²) in [5, 5.41) is 10.9. The van der Waals surface area contributed by atoms with E-state index < -0.39 is 0 Å². The Bertz CT molecular complexity index is 803. The predicted octanol–water partition coefficient (Wildman–Crippen LogP) is 2.96. The van der Waals surface area contributed by atoms with Crippen LogP contribution in [0.25, 0.3) is 0 Å². The smallest absolute Gasteiger partial charge is 0.407 e. The first-order chi connectivity index (χ1) is 13.3. The fourth-order valence-electron chi connectivity index (χ4n) is 4.70. The number of amides is 1. The molecule has 6 heteroatoms. The van der Waals surface area contributed by atoms with Crippen LogP contribution in [0.15, 0.2) is 40.9 Å². The van der Waals surface area contributed by atoms with Crippen molar-refractivity contribution in [2.75, 3.05) is 19.6 Å². The second-order valence-corrected chi connectivity index (χ2v) is 8.05. The van der Waals surface area contributed by atoms with Crippen molar-refractivity contribution in [3.05, 3.63) is 53.4 Å². The van der Waals surface area contributed by atoms with E-state index in [4.69, 9.17) is 9.26 Å². The minimum absolute atomic E-state index is 0.119. The van der Waals surface area contributed by atoms with E-state index in [2.05, 4.69) is 21.9 Å². The summed E-state index contributed by atoms with van der Waals surface area (Å²) < 4.78 is 11.0. The standard InChI is InChI=1S/C21H25N3O3/c25-20(26-12-14-4-2-1-3-5-14)23-13-21(16-8-9-22-11-17(16)21)19-10-18(27-24-19)15-6-7-15/h1-5,10,15-17,22H,6-9,11-13H2,(H,23,25). The van der Waals surface area contributed by atoms with Crippen molar-refractivity contribution in [1.29, 1.82) is 0 Å². The van der Waals surface area contributed by atoms with E-state index in [9.17, 15) is 4.79 Å². The zero-order valence-corrected chi connectivity index (χ0v) is 15.3. The average Bonchev–Trinajstić information content (AvgIpc) is 3.62. The Balaban J connectivity index is 1.25. The quantitative estimate of drug-likeness (QED) is 0.821. The van der Waals surface area contributed by atoms with Gasteiger partial charge in [0.1, 0.15) is 12.4 Å². The first-order valence-corrected chi connectivity index (χ1v) is 9.90. The van der Waals surface area contributed by atoms with Gasteiger partial charge in [-0.05, 0) is 49.8 Å². The normalized spacial score (nSPS) is 29.0. The maximum atomic E-state index is 12.3. The van der Waals surface area contributed by atoms with Crippen LogP contribution in [-0.2, 0) is 16.8 Å². The van der Waals surface area contributed by atoms with Crippen molar-refractivity contribution in [3.8, 4) is 0 Å². The molecule has 0 bridgehead atoms. The van der Waals surface area contributed by atoms with E-state index in [1.807, 2.05) is 30.3 Å². The molecule has 1 aliphatic heterocycles. The molecule has 6 nitrogen and oxygen atoms in total.